The number of nitrogens with one attached hydrogen (secondary N) is 2. The number of pyridine rings is 1. The maximum atomic E-state index is 11.7. The van der Waals surface area contributed by atoms with Gasteiger partial charge in [-0.1, -0.05) is 6.07 Å². The van der Waals surface area contributed by atoms with Crippen LogP contribution in [0.4, 0.5) is 11.6 Å². The third-order valence-electron chi connectivity index (χ3n) is 5.28. The number of carbonyl (C=O) groups is 1. The van der Waals surface area contributed by atoms with E-state index in [4.69, 9.17) is 0 Å². The van der Waals surface area contributed by atoms with Crippen LogP contribution in [-0.2, 0) is 11.3 Å². The minimum atomic E-state index is 0.0606. The van der Waals surface area contributed by atoms with Gasteiger partial charge in [-0.25, -0.2) is 4.52 Å². The third kappa shape index (κ3) is 3.48. The lowest BCUT2D eigenvalue weighted by atomic mass is 10.2. The minimum absolute atomic E-state index is 0.0606. The van der Waals surface area contributed by atoms with Crippen molar-refractivity contribution in [3.63, 3.8) is 0 Å². The quantitative estimate of drug-likeness (QED) is 0.530. The second-order valence-corrected chi connectivity index (χ2v) is 7.86. The second-order valence-electron chi connectivity index (χ2n) is 7.86. The average molecular weight is 404 g/mol. The van der Waals surface area contributed by atoms with E-state index >= 15 is 0 Å². The van der Waals surface area contributed by atoms with Crippen molar-refractivity contribution in [2.75, 3.05) is 25.0 Å². The standard InChI is InChI=1S/C21H24N8O/c1-14(2)28-18-10-16(7-6-15(18)11-23-28)24-21-25-19-5-3-4-17(29(19)26-21)12-27-9-8-22-20(30)13-27/h3-7,10-11,14H,8-9,12-13H2,1-2H3,(H,22,30)(H,24,26). The summed E-state index contributed by atoms with van der Waals surface area (Å²) in [5, 5.41) is 16.4. The Morgan fingerprint density at radius 2 is 2.13 bits per heavy atom. The molecular weight excluding hydrogens is 380 g/mol. The summed E-state index contributed by atoms with van der Waals surface area (Å²) in [6, 6.07) is 12.3. The van der Waals surface area contributed by atoms with Gasteiger partial charge in [0.15, 0.2) is 5.65 Å². The Bertz CT molecular complexity index is 1220. The van der Waals surface area contributed by atoms with E-state index in [1.54, 1.807) is 0 Å². The Morgan fingerprint density at radius 1 is 1.23 bits per heavy atom. The highest BCUT2D eigenvalue weighted by molar-refractivity contribution is 5.83. The molecule has 0 unspecified atom stereocenters. The molecule has 1 aromatic carbocycles. The number of aromatic nitrogens is 5. The Kier molecular flexibility index (Phi) is 4.59. The molecule has 3 aromatic heterocycles. The van der Waals surface area contributed by atoms with Gasteiger partial charge >= 0.3 is 0 Å². The van der Waals surface area contributed by atoms with Gasteiger partial charge < -0.3 is 10.6 Å². The predicted octanol–water partition coefficient (Wildman–Crippen LogP) is 2.34. The lowest BCUT2D eigenvalue weighted by molar-refractivity contribution is -0.124. The van der Waals surface area contributed by atoms with Gasteiger partial charge in [0.05, 0.1) is 24.0 Å². The predicted molar refractivity (Wildman–Crippen MR) is 115 cm³/mol. The lowest BCUT2D eigenvalue weighted by Gasteiger charge is -2.26. The first-order chi connectivity index (χ1) is 14.6. The normalized spacial score (nSPS) is 15.2. The first kappa shape index (κ1) is 18.6. The summed E-state index contributed by atoms with van der Waals surface area (Å²) >= 11 is 0. The zero-order valence-electron chi connectivity index (χ0n) is 17.0. The number of amides is 1. The molecular formula is C21H24N8O. The highest BCUT2D eigenvalue weighted by Gasteiger charge is 2.18. The molecule has 30 heavy (non-hydrogen) atoms. The minimum Gasteiger partial charge on any atom is -0.354 e. The molecule has 1 saturated heterocycles. The Hall–Kier alpha value is -3.46. The Labute approximate surface area is 173 Å². The number of rotatable bonds is 5. The van der Waals surface area contributed by atoms with Crippen LogP contribution in [0.15, 0.2) is 42.6 Å². The number of fused-ring (bicyclic) bond motifs is 2. The fourth-order valence-electron chi connectivity index (χ4n) is 3.84. The van der Waals surface area contributed by atoms with Crippen molar-refractivity contribution in [2.24, 2.45) is 0 Å². The van der Waals surface area contributed by atoms with E-state index < -0.39 is 0 Å². The van der Waals surface area contributed by atoms with Crippen molar-refractivity contribution >= 4 is 34.1 Å². The summed E-state index contributed by atoms with van der Waals surface area (Å²) in [4.78, 5) is 18.4. The summed E-state index contributed by atoms with van der Waals surface area (Å²) in [7, 11) is 0. The first-order valence-electron chi connectivity index (χ1n) is 10.1. The Balaban J connectivity index is 1.42. The highest BCUT2D eigenvalue weighted by atomic mass is 16.2. The van der Waals surface area contributed by atoms with E-state index in [1.807, 2.05) is 45.7 Å². The van der Waals surface area contributed by atoms with Crippen LogP contribution in [0, 0.1) is 0 Å². The molecule has 0 saturated carbocycles. The summed E-state index contributed by atoms with van der Waals surface area (Å²) in [5.74, 6) is 0.596. The first-order valence-corrected chi connectivity index (χ1v) is 10.1. The average Bonchev–Trinajstić information content (AvgIpc) is 3.32. The molecule has 9 nitrogen and oxygen atoms in total. The molecule has 1 aliphatic heterocycles. The summed E-state index contributed by atoms with van der Waals surface area (Å²) in [5.41, 5.74) is 3.75. The third-order valence-corrected chi connectivity index (χ3v) is 5.28. The molecule has 0 atom stereocenters. The van der Waals surface area contributed by atoms with E-state index in [1.165, 1.54) is 0 Å². The van der Waals surface area contributed by atoms with Crippen molar-refractivity contribution in [1.29, 1.82) is 0 Å². The van der Waals surface area contributed by atoms with Crippen LogP contribution >= 0.6 is 0 Å². The molecule has 9 heteroatoms. The van der Waals surface area contributed by atoms with Crippen LogP contribution in [0.2, 0.25) is 0 Å². The van der Waals surface area contributed by atoms with E-state index in [2.05, 4.69) is 50.6 Å². The molecule has 0 bridgehead atoms. The van der Waals surface area contributed by atoms with Crippen molar-refractivity contribution in [2.45, 2.75) is 26.4 Å². The van der Waals surface area contributed by atoms with E-state index in [-0.39, 0.29) is 11.9 Å². The van der Waals surface area contributed by atoms with Gasteiger partial charge in [0.1, 0.15) is 0 Å². The number of hydrogen-bond acceptors (Lipinski definition) is 6. The molecule has 2 N–H and O–H groups in total. The molecule has 0 spiro atoms. The largest absolute Gasteiger partial charge is 0.354 e. The maximum absolute atomic E-state index is 11.7. The number of nitrogens with zero attached hydrogens (tertiary/aromatic N) is 6. The monoisotopic (exact) mass is 404 g/mol. The molecule has 4 heterocycles. The van der Waals surface area contributed by atoms with Gasteiger partial charge in [-0.2, -0.15) is 10.1 Å². The molecule has 0 aliphatic carbocycles. The van der Waals surface area contributed by atoms with Crippen LogP contribution < -0.4 is 10.6 Å². The van der Waals surface area contributed by atoms with Gasteiger partial charge in [-0.3, -0.25) is 14.4 Å². The fourth-order valence-corrected chi connectivity index (χ4v) is 3.84. The van der Waals surface area contributed by atoms with Crippen LogP contribution in [-0.4, -0.2) is 54.8 Å². The fraction of sp³-hybridized carbons (Fsp3) is 0.333. The highest BCUT2D eigenvalue weighted by Crippen LogP contribution is 2.23. The van der Waals surface area contributed by atoms with Crippen LogP contribution in [0.25, 0.3) is 16.6 Å². The lowest BCUT2D eigenvalue weighted by Crippen LogP contribution is -2.47. The molecule has 1 amide bonds. The van der Waals surface area contributed by atoms with Crippen molar-refractivity contribution < 1.29 is 4.79 Å². The van der Waals surface area contributed by atoms with E-state index in [9.17, 15) is 4.79 Å². The summed E-state index contributed by atoms with van der Waals surface area (Å²) < 4.78 is 3.84. The maximum Gasteiger partial charge on any atom is 0.247 e. The number of hydrogen-bond donors (Lipinski definition) is 2. The van der Waals surface area contributed by atoms with Gasteiger partial charge in [0.2, 0.25) is 11.9 Å². The topological polar surface area (TPSA) is 92.4 Å². The number of benzene rings is 1. The summed E-state index contributed by atoms with van der Waals surface area (Å²) in [6.07, 6.45) is 1.88. The van der Waals surface area contributed by atoms with Crippen LogP contribution in [0.3, 0.4) is 0 Å². The SMILES string of the molecule is CC(C)n1ncc2ccc(Nc3nc4cccc(CN5CCNC(=O)C5)n4n3)cc21. The van der Waals surface area contributed by atoms with Gasteiger partial charge in [-0.15, -0.1) is 5.10 Å². The second kappa shape index (κ2) is 7.42. The number of piperazine rings is 1. The number of carbonyl (C=O) groups excluding carboxylic acids is 1. The Morgan fingerprint density at radius 3 is 2.97 bits per heavy atom. The smallest absolute Gasteiger partial charge is 0.247 e. The van der Waals surface area contributed by atoms with Gasteiger partial charge in [-0.05, 0) is 44.2 Å². The molecule has 1 aliphatic rings. The van der Waals surface area contributed by atoms with Crippen LogP contribution in [0.1, 0.15) is 25.6 Å². The molecule has 154 valence electrons. The van der Waals surface area contributed by atoms with E-state index in [0.29, 0.717) is 25.6 Å². The molecule has 1 fully saturated rings. The van der Waals surface area contributed by atoms with Crippen molar-refractivity contribution in [1.82, 2.24) is 34.6 Å². The molecule has 5 rings (SSSR count). The van der Waals surface area contributed by atoms with E-state index in [0.717, 1.165) is 34.5 Å². The van der Waals surface area contributed by atoms with Gasteiger partial charge in [0, 0.05) is 36.7 Å². The van der Waals surface area contributed by atoms with Gasteiger partial charge in [0.25, 0.3) is 0 Å². The van der Waals surface area contributed by atoms with Crippen LogP contribution in [0.5, 0.6) is 0 Å². The van der Waals surface area contributed by atoms with Crippen molar-refractivity contribution in [3.05, 3.63) is 48.3 Å². The van der Waals surface area contributed by atoms with Crippen molar-refractivity contribution in [3.8, 4) is 0 Å². The zero-order chi connectivity index (χ0) is 20.7. The molecule has 0 radical (unpaired) electrons. The molecule has 4 aromatic rings. The summed E-state index contributed by atoms with van der Waals surface area (Å²) in [6.45, 7) is 6.78. The zero-order valence-corrected chi connectivity index (χ0v) is 17.0. The number of anilines is 2.